The van der Waals surface area contributed by atoms with Gasteiger partial charge in [0.1, 0.15) is 11.6 Å². The first kappa shape index (κ1) is 14.4. The number of nitrogens with one attached hydrogen (secondary N) is 1. The second kappa shape index (κ2) is 5.66. The van der Waals surface area contributed by atoms with Gasteiger partial charge in [-0.25, -0.2) is 4.39 Å². The highest BCUT2D eigenvalue weighted by molar-refractivity contribution is 9.10. The van der Waals surface area contributed by atoms with E-state index in [0.717, 1.165) is 0 Å². The zero-order valence-corrected chi connectivity index (χ0v) is 13.0. The summed E-state index contributed by atoms with van der Waals surface area (Å²) in [6.07, 6.45) is 0. The topological polar surface area (TPSA) is 38.3 Å². The van der Waals surface area contributed by atoms with Gasteiger partial charge in [0.15, 0.2) is 6.61 Å². The molecule has 3 nitrogen and oxygen atoms in total. The van der Waals surface area contributed by atoms with Crippen molar-refractivity contribution in [2.45, 2.75) is 5.38 Å². The molecule has 1 amide bonds. The first-order chi connectivity index (χ1) is 10.1. The highest BCUT2D eigenvalue weighted by Gasteiger charge is 2.22. The average Bonchev–Trinajstić information content (AvgIpc) is 2.46. The van der Waals surface area contributed by atoms with Crippen LogP contribution in [-0.4, -0.2) is 12.5 Å². The summed E-state index contributed by atoms with van der Waals surface area (Å²) in [6, 6.07) is 9.87. The normalized spacial score (nSPS) is 14.9. The summed E-state index contributed by atoms with van der Waals surface area (Å²) in [7, 11) is 0. The van der Waals surface area contributed by atoms with Crippen molar-refractivity contribution in [3.05, 3.63) is 57.8 Å². The predicted molar refractivity (Wildman–Crippen MR) is 82.4 cm³/mol. The maximum atomic E-state index is 14.0. The number of ether oxygens (including phenoxy) is 1. The molecule has 0 aromatic heterocycles. The Morgan fingerprint density at radius 1 is 1.33 bits per heavy atom. The number of amides is 1. The van der Waals surface area contributed by atoms with Crippen molar-refractivity contribution in [3.63, 3.8) is 0 Å². The molecule has 0 saturated heterocycles. The molecule has 6 heteroatoms. The minimum Gasteiger partial charge on any atom is -0.482 e. The van der Waals surface area contributed by atoms with Gasteiger partial charge < -0.3 is 10.1 Å². The van der Waals surface area contributed by atoms with Crippen LogP contribution in [-0.2, 0) is 4.79 Å². The van der Waals surface area contributed by atoms with Crippen LogP contribution in [0.4, 0.5) is 10.1 Å². The Morgan fingerprint density at radius 3 is 2.90 bits per heavy atom. The third kappa shape index (κ3) is 2.76. The molecule has 1 aliphatic heterocycles. The fraction of sp³-hybridized carbons (Fsp3) is 0.133. The van der Waals surface area contributed by atoms with Gasteiger partial charge in [-0.05, 0) is 29.8 Å². The largest absolute Gasteiger partial charge is 0.482 e. The molecule has 0 aliphatic carbocycles. The highest BCUT2D eigenvalue weighted by atomic mass is 79.9. The standard InChI is InChI=1S/C15H10BrClFNO2/c16-9-2-1-3-10(18)14(9)15(17)8-4-5-12-11(6-8)19-13(20)7-21-12/h1-6,15H,7H2,(H,19,20). The Balaban J connectivity index is 2.01. The molecule has 0 spiro atoms. The van der Waals surface area contributed by atoms with Gasteiger partial charge in [-0.3, -0.25) is 4.79 Å². The van der Waals surface area contributed by atoms with Crippen LogP contribution in [0.2, 0.25) is 0 Å². The highest BCUT2D eigenvalue weighted by Crippen LogP contribution is 2.38. The van der Waals surface area contributed by atoms with Gasteiger partial charge in [0.25, 0.3) is 5.91 Å². The van der Waals surface area contributed by atoms with Gasteiger partial charge in [0.2, 0.25) is 0 Å². The van der Waals surface area contributed by atoms with Gasteiger partial charge in [0, 0.05) is 10.0 Å². The molecule has 1 N–H and O–H groups in total. The Bertz CT molecular complexity index is 703. The monoisotopic (exact) mass is 369 g/mol. The van der Waals surface area contributed by atoms with Crippen molar-refractivity contribution in [2.75, 3.05) is 11.9 Å². The number of carbonyl (C=O) groups excluding carboxylic acids is 1. The lowest BCUT2D eigenvalue weighted by molar-refractivity contribution is -0.118. The molecule has 1 unspecified atom stereocenters. The number of carbonyl (C=O) groups is 1. The third-order valence-electron chi connectivity index (χ3n) is 3.18. The smallest absolute Gasteiger partial charge is 0.262 e. The lowest BCUT2D eigenvalue weighted by Gasteiger charge is -2.20. The summed E-state index contributed by atoms with van der Waals surface area (Å²) in [5, 5.41) is 2.03. The number of alkyl halides is 1. The van der Waals surface area contributed by atoms with E-state index in [0.29, 0.717) is 27.0 Å². The molecule has 108 valence electrons. The number of anilines is 1. The number of hydrogen-bond donors (Lipinski definition) is 1. The Hall–Kier alpha value is -1.59. The zero-order valence-electron chi connectivity index (χ0n) is 10.7. The van der Waals surface area contributed by atoms with E-state index in [1.165, 1.54) is 6.07 Å². The molecule has 21 heavy (non-hydrogen) atoms. The van der Waals surface area contributed by atoms with E-state index in [9.17, 15) is 9.18 Å². The molecule has 1 heterocycles. The Morgan fingerprint density at radius 2 is 2.14 bits per heavy atom. The average molecular weight is 371 g/mol. The second-order valence-corrected chi connectivity index (χ2v) is 5.88. The van der Waals surface area contributed by atoms with E-state index in [2.05, 4.69) is 21.2 Å². The van der Waals surface area contributed by atoms with Crippen LogP contribution in [0.3, 0.4) is 0 Å². The maximum absolute atomic E-state index is 14.0. The fourth-order valence-electron chi connectivity index (χ4n) is 2.18. The van der Waals surface area contributed by atoms with Gasteiger partial charge in [0.05, 0.1) is 11.1 Å². The van der Waals surface area contributed by atoms with Gasteiger partial charge in [-0.15, -0.1) is 11.6 Å². The Labute approximate surface area is 134 Å². The lowest BCUT2D eigenvalue weighted by atomic mass is 10.0. The van der Waals surface area contributed by atoms with Crippen molar-refractivity contribution in [3.8, 4) is 5.75 Å². The fourth-order valence-corrected chi connectivity index (χ4v) is 3.24. The summed E-state index contributed by atoms with van der Waals surface area (Å²) in [6.45, 7) is -0.00445. The molecule has 1 atom stereocenters. The third-order valence-corrected chi connectivity index (χ3v) is 4.34. The van der Waals surface area contributed by atoms with Gasteiger partial charge in [-0.2, -0.15) is 0 Å². The molecule has 3 rings (SSSR count). The number of fused-ring (bicyclic) bond motifs is 1. The van der Waals surface area contributed by atoms with E-state index in [1.807, 2.05) is 0 Å². The lowest BCUT2D eigenvalue weighted by Crippen LogP contribution is -2.25. The first-order valence-corrected chi connectivity index (χ1v) is 7.44. The van der Waals surface area contributed by atoms with Crippen molar-refractivity contribution >= 4 is 39.1 Å². The molecule has 0 radical (unpaired) electrons. The molecule has 1 aliphatic rings. The number of rotatable bonds is 2. The van der Waals surface area contributed by atoms with Crippen LogP contribution >= 0.6 is 27.5 Å². The first-order valence-electron chi connectivity index (χ1n) is 6.21. The van der Waals surface area contributed by atoms with E-state index < -0.39 is 5.38 Å². The number of hydrogen-bond acceptors (Lipinski definition) is 2. The van der Waals surface area contributed by atoms with Crippen LogP contribution in [0, 0.1) is 5.82 Å². The molecular weight excluding hydrogens is 361 g/mol. The van der Waals surface area contributed by atoms with E-state index >= 15 is 0 Å². The van der Waals surface area contributed by atoms with Gasteiger partial charge >= 0.3 is 0 Å². The summed E-state index contributed by atoms with van der Waals surface area (Å²) in [5.41, 5.74) is 1.58. The number of benzene rings is 2. The SMILES string of the molecule is O=C1COc2ccc(C(Cl)c3c(F)cccc3Br)cc2N1. The molecule has 2 aromatic carbocycles. The quantitative estimate of drug-likeness (QED) is 0.803. The summed E-state index contributed by atoms with van der Waals surface area (Å²) in [4.78, 5) is 11.3. The maximum Gasteiger partial charge on any atom is 0.262 e. The molecule has 0 bridgehead atoms. The van der Waals surface area contributed by atoms with Crippen molar-refractivity contribution in [1.82, 2.24) is 0 Å². The van der Waals surface area contributed by atoms with Crippen LogP contribution in [0.5, 0.6) is 5.75 Å². The summed E-state index contributed by atoms with van der Waals surface area (Å²) < 4.78 is 19.9. The molecule has 0 fully saturated rings. The minimum absolute atomic E-state index is 0.00445. The van der Waals surface area contributed by atoms with Crippen LogP contribution in [0.15, 0.2) is 40.9 Å². The summed E-state index contributed by atoms with van der Waals surface area (Å²) >= 11 is 9.71. The van der Waals surface area contributed by atoms with E-state index in [4.69, 9.17) is 16.3 Å². The van der Waals surface area contributed by atoms with Gasteiger partial charge in [-0.1, -0.05) is 28.1 Å². The minimum atomic E-state index is -0.676. The molecule has 0 saturated carbocycles. The predicted octanol–water partition coefficient (Wildman–Crippen LogP) is 4.25. The zero-order chi connectivity index (χ0) is 15.0. The Kier molecular flexibility index (Phi) is 3.87. The van der Waals surface area contributed by atoms with Crippen LogP contribution in [0.25, 0.3) is 0 Å². The summed E-state index contributed by atoms with van der Waals surface area (Å²) in [5.74, 6) is -0.0324. The van der Waals surface area contributed by atoms with Crippen molar-refractivity contribution in [1.29, 1.82) is 0 Å². The molecule has 2 aromatic rings. The van der Waals surface area contributed by atoms with Crippen LogP contribution in [0.1, 0.15) is 16.5 Å². The van der Waals surface area contributed by atoms with Crippen molar-refractivity contribution < 1.29 is 13.9 Å². The molecular formula is C15H10BrClFNO2. The van der Waals surface area contributed by atoms with E-state index in [-0.39, 0.29) is 18.3 Å². The van der Waals surface area contributed by atoms with Crippen molar-refractivity contribution in [2.24, 2.45) is 0 Å². The van der Waals surface area contributed by atoms with Crippen LogP contribution < -0.4 is 10.1 Å². The second-order valence-electron chi connectivity index (χ2n) is 4.59. The number of halogens is 3. The van der Waals surface area contributed by atoms with E-state index in [1.54, 1.807) is 30.3 Å².